The van der Waals surface area contributed by atoms with Crippen molar-refractivity contribution in [3.8, 4) is 0 Å². The van der Waals surface area contributed by atoms with E-state index in [2.05, 4.69) is 42.2 Å². The Kier molecular flexibility index (Phi) is 15.4. The van der Waals surface area contributed by atoms with Crippen molar-refractivity contribution < 1.29 is 28.8 Å². The quantitative estimate of drug-likeness (QED) is 0.199. The second kappa shape index (κ2) is 19.4. The molecule has 2 aliphatic rings. The molecule has 0 spiro atoms. The van der Waals surface area contributed by atoms with Gasteiger partial charge in [-0.05, 0) is 47.6 Å². The molecule has 0 aliphatic carbocycles. The van der Waals surface area contributed by atoms with Gasteiger partial charge in [0, 0.05) is 28.8 Å². The highest BCUT2D eigenvalue weighted by Crippen LogP contribution is 2.32. The first kappa shape index (κ1) is 44.6. The molecule has 310 valence electrons. The monoisotopic (exact) mass is 796 g/mol. The van der Waals surface area contributed by atoms with Crippen molar-refractivity contribution >= 4 is 58.1 Å². The molecule has 1 aromatic heterocycles. The number of hydrogen-bond acceptors (Lipinski definition) is 8. The van der Waals surface area contributed by atoms with Crippen LogP contribution in [-0.2, 0) is 35.2 Å². The van der Waals surface area contributed by atoms with Crippen LogP contribution < -0.4 is 37.2 Å². The van der Waals surface area contributed by atoms with E-state index in [9.17, 15) is 28.8 Å². The Balaban J connectivity index is 1.78. The molecule has 9 atom stereocenters. The van der Waals surface area contributed by atoms with Gasteiger partial charge in [0.25, 0.3) is 0 Å². The van der Waals surface area contributed by atoms with Gasteiger partial charge in [-0.15, -0.1) is 11.8 Å². The van der Waals surface area contributed by atoms with Gasteiger partial charge in [-0.2, -0.15) is 0 Å². The lowest BCUT2D eigenvalue weighted by atomic mass is 9.97. The average molecular weight is 797 g/mol. The molecule has 8 N–H and O–H groups in total. The molecule has 2 fully saturated rings. The van der Waals surface area contributed by atoms with Crippen molar-refractivity contribution in [2.75, 3.05) is 0 Å². The van der Waals surface area contributed by atoms with Crippen molar-refractivity contribution in [1.29, 1.82) is 0 Å². The smallest absolute Gasteiger partial charge is 0.243 e. The third-order valence-electron chi connectivity index (χ3n) is 10.6. The lowest BCUT2D eigenvalue weighted by Crippen LogP contribution is -2.61. The number of aromatic amines is 1. The van der Waals surface area contributed by atoms with Crippen LogP contribution in [0.1, 0.15) is 88.1 Å². The van der Waals surface area contributed by atoms with Crippen LogP contribution in [-0.4, -0.2) is 93.3 Å². The molecule has 0 saturated carbocycles. The summed E-state index contributed by atoms with van der Waals surface area (Å²) in [4.78, 5) is 87.7. The van der Waals surface area contributed by atoms with Crippen LogP contribution in [0.25, 0.3) is 10.9 Å². The maximum Gasteiger partial charge on any atom is 0.243 e. The lowest BCUT2D eigenvalue weighted by molar-refractivity contribution is -0.136. The fourth-order valence-corrected chi connectivity index (χ4v) is 8.89. The minimum atomic E-state index is -1.13. The molecule has 3 heterocycles. The van der Waals surface area contributed by atoms with Crippen molar-refractivity contribution in [2.24, 2.45) is 29.6 Å². The van der Waals surface area contributed by atoms with E-state index >= 15 is 0 Å². The van der Waals surface area contributed by atoms with E-state index < -0.39 is 65.9 Å². The topological polar surface area (TPSA) is 202 Å². The van der Waals surface area contributed by atoms with Crippen LogP contribution in [0.5, 0.6) is 0 Å². The number of nitrogens with one attached hydrogen (secondary N) is 8. The van der Waals surface area contributed by atoms with Gasteiger partial charge in [0.05, 0.1) is 17.5 Å². The first-order valence-corrected chi connectivity index (χ1v) is 21.0. The molecule has 2 aliphatic heterocycles. The summed E-state index contributed by atoms with van der Waals surface area (Å²) in [5.74, 6) is -4.03. The highest BCUT2D eigenvalue weighted by atomic mass is 32.2. The largest absolute Gasteiger partial charge is 0.361 e. The van der Waals surface area contributed by atoms with E-state index in [-0.39, 0.29) is 64.9 Å². The third-order valence-corrected chi connectivity index (χ3v) is 12.0. The molecule has 0 radical (unpaired) electrons. The van der Waals surface area contributed by atoms with Gasteiger partial charge in [0.15, 0.2) is 0 Å². The number of para-hydroxylation sites is 1. The molecule has 2 saturated heterocycles. The average Bonchev–Trinajstić information content (AvgIpc) is 3.71. The molecule has 14 nitrogen and oxygen atoms in total. The zero-order valence-electron chi connectivity index (χ0n) is 34.7. The van der Waals surface area contributed by atoms with Gasteiger partial charge in [-0.1, -0.05) is 94.4 Å². The predicted octanol–water partition coefficient (Wildman–Crippen LogP) is 2.72. The summed E-state index contributed by atoms with van der Waals surface area (Å²) in [7, 11) is 0. The molecular weight excluding hydrogens is 733 g/mol. The number of rotatable bonds is 8. The van der Waals surface area contributed by atoms with Crippen molar-refractivity contribution in [3.05, 3.63) is 36.0 Å². The van der Waals surface area contributed by atoms with E-state index in [0.29, 0.717) is 0 Å². The molecule has 15 heteroatoms. The highest BCUT2D eigenvalue weighted by molar-refractivity contribution is 8.00. The third kappa shape index (κ3) is 11.0. The molecule has 1 aromatic carbocycles. The molecular formula is C41H64N8O6S. The fraction of sp³-hybridized carbons (Fsp3) is 0.659. The summed E-state index contributed by atoms with van der Waals surface area (Å²) >= 11 is 1.53. The van der Waals surface area contributed by atoms with E-state index in [1.54, 1.807) is 20.0 Å². The van der Waals surface area contributed by atoms with Crippen LogP contribution in [0.15, 0.2) is 30.5 Å². The van der Waals surface area contributed by atoms with Crippen LogP contribution in [0.4, 0.5) is 0 Å². The number of benzene rings is 1. The fourth-order valence-electron chi connectivity index (χ4n) is 7.30. The van der Waals surface area contributed by atoms with Crippen LogP contribution in [0.3, 0.4) is 0 Å². The number of thioether (sulfide) groups is 1. The Morgan fingerprint density at radius 3 is 1.66 bits per heavy atom. The number of hydrogen-bond donors (Lipinski definition) is 8. The summed E-state index contributed by atoms with van der Waals surface area (Å²) in [6.07, 6.45) is 2.15. The second-order valence-electron chi connectivity index (χ2n) is 17.2. The summed E-state index contributed by atoms with van der Waals surface area (Å²) in [5.41, 5.74) is 1.65. The van der Waals surface area contributed by atoms with Gasteiger partial charge in [0.2, 0.25) is 35.4 Å². The zero-order valence-corrected chi connectivity index (χ0v) is 35.6. The van der Waals surface area contributed by atoms with E-state index in [0.717, 1.165) is 16.5 Å². The second-order valence-corrected chi connectivity index (χ2v) is 18.7. The Morgan fingerprint density at radius 2 is 1.09 bits per heavy atom. The Labute approximate surface area is 335 Å². The van der Waals surface area contributed by atoms with E-state index in [1.165, 1.54) is 11.8 Å². The summed E-state index contributed by atoms with van der Waals surface area (Å²) in [6.45, 7) is 20.7. The number of fused-ring (bicyclic) bond motifs is 3. The molecule has 2 aromatic rings. The van der Waals surface area contributed by atoms with Gasteiger partial charge >= 0.3 is 0 Å². The van der Waals surface area contributed by atoms with Crippen molar-refractivity contribution in [1.82, 2.24) is 42.2 Å². The summed E-state index contributed by atoms with van der Waals surface area (Å²) in [5, 5.41) is 21.4. The normalized spacial score (nSPS) is 29.2. The minimum Gasteiger partial charge on any atom is -0.361 e. The first-order chi connectivity index (χ1) is 26.3. The molecule has 6 amide bonds. The number of H-pyrrole nitrogens is 1. The van der Waals surface area contributed by atoms with Crippen LogP contribution in [0, 0.1) is 29.6 Å². The molecule has 2 bridgehead atoms. The van der Waals surface area contributed by atoms with E-state index in [1.807, 2.05) is 86.6 Å². The van der Waals surface area contributed by atoms with Crippen LogP contribution in [0.2, 0.25) is 0 Å². The van der Waals surface area contributed by atoms with Crippen LogP contribution >= 0.6 is 11.8 Å². The van der Waals surface area contributed by atoms with Gasteiger partial charge in [0.1, 0.15) is 30.2 Å². The zero-order chi connectivity index (χ0) is 41.6. The maximum atomic E-state index is 14.3. The Bertz CT molecular complexity index is 1730. The number of carbonyl (C=O) groups excluding carboxylic acids is 6. The standard InChI is InChI=1S/C41H64N8O6S/c1-19(2)16-28-36(51)45-31(21(5)6)38(53)46-32(22(7)8)39(54)48-33(23(9)10)41-49-34(24(11)56-41)40(55)47-30(20(3)4)37(52)44-29(35(50)43-28)17-25-18-42-27-15-13-12-14-26(25)27/h12-15,18-24,28-34,41-42,49H,16-17H2,1-11H3,(H,43,50)(H,44,52)(H,45,51)(H,46,53)(H,47,55)(H,48,54)/t24?,28-,29+,30-,31+,32-,33+,34+,41?/m1/s1. The lowest BCUT2D eigenvalue weighted by Gasteiger charge is -2.32. The molecule has 2 unspecified atom stereocenters. The van der Waals surface area contributed by atoms with Crippen molar-refractivity contribution in [2.45, 2.75) is 142 Å². The molecule has 56 heavy (non-hydrogen) atoms. The minimum absolute atomic E-state index is 0.0264. The first-order valence-electron chi connectivity index (χ1n) is 20.1. The highest BCUT2D eigenvalue weighted by Gasteiger charge is 2.43. The Hall–Kier alpha value is -4.11. The summed E-state index contributed by atoms with van der Waals surface area (Å²) < 4.78 is 0. The van der Waals surface area contributed by atoms with Gasteiger partial charge in [-0.25, -0.2) is 0 Å². The van der Waals surface area contributed by atoms with Gasteiger partial charge in [-0.3, -0.25) is 34.1 Å². The Morgan fingerprint density at radius 1 is 0.589 bits per heavy atom. The number of amides is 6. The molecule has 4 rings (SSSR count). The van der Waals surface area contributed by atoms with E-state index in [4.69, 9.17) is 0 Å². The van der Waals surface area contributed by atoms with Gasteiger partial charge < -0.3 is 36.9 Å². The van der Waals surface area contributed by atoms with Crippen molar-refractivity contribution in [3.63, 3.8) is 0 Å². The SMILES string of the molecule is CC(C)C[C@H]1NC(=O)[C@H](Cc2c[nH]c3ccccc23)NC(=O)[C@@H](C(C)C)NC(=O)[C@H]2NC(SC2C)[C@H](C(C)C)NC(=O)[C@@H](C(C)C)NC(=O)[C@H](C(C)C)NC1=O. The number of carbonyl (C=O) groups is 6. The summed E-state index contributed by atoms with van der Waals surface area (Å²) in [6, 6.07) is 1.44. The predicted molar refractivity (Wildman–Crippen MR) is 220 cm³/mol. The maximum absolute atomic E-state index is 14.3. The number of aromatic nitrogens is 1.